The fourth-order valence-electron chi connectivity index (χ4n) is 4.22. The standard InChI is InChI=1S/C23H18N4O5/c1-32-15-12-18-20(24-13-15)21-19(22(18)28)16-6-5-14(27(30)31)11-17(16)23(29)26(21)10-4-9-25-7-2-3-8-25/h2-3,5-8,11-13H,4,9-10H2,1H3. The van der Waals surface area contributed by atoms with Gasteiger partial charge >= 0.3 is 0 Å². The Bertz CT molecular complexity index is 1450. The van der Waals surface area contributed by atoms with Crippen LogP contribution in [0.4, 0.5) is 5.69 Å². The van der Waals surface area contributed by atoms with E-state index in [-0.39, 0.29) is 22.4 Å². The molecule has 9 nitrogen and oxygen atoms in total. The number of hydrogen-bond acceptors (Lipinski definition) is 6. The van der Waals surface area contributed by atoms with Crippen LogP contribution in [0, 0.1) is 10.1 Å². The number of nitro groups is 1. The average molecular weight is 430 g/mol. The largest absolute Gasteiger partial charge is 0.495 e. The molecule has 0 unspecified atom stereocenters. The number of nitrogens with zero attached hydrogens (tertiary/aromatic N) is 4. The monoisotopic (exact) mass is 430 g/mol. The molecule has 0 N–H and O–H groups in total. The van der Waals surface area contributed by atoms with Crippen molar-refractivity contribution in [3.8, 4) is 17.1 Å². The normalized spacial score (nSPS) is 12.1. The molecule has 0 saturated carbocycles. The highest BCUT2D eigenvalue weighted by Crippen LogP contribution is 2.39. The van der Waals surface area contributed by atoms with Gasteiger partial charge in [-0.3, -0.25) is 24.7 Å². The van der Waals surface area contributed by atoms with Gasteiger partial charge in [0.05, 0.1) is 46.1 Å². The molecule has 0 atom stereocenters. The number of benzene rings is 1. The molecule has 0 spiro atoms. The summed E-state index contributed by atoms with van der Waals surface area (Å²) in [4.78, 5) is 42.0. The summed E-state index contributed by atoms with van der Waals surface area (Å²) in [5.74, 6) is 0.158. The molecule has 0 saturated heterocycles. The van der Waals surface area contributed by atoms with Crippen molar-refractivity contribution in [3.05, 3.63) is 86.6 Å². The van der Waals surface area contributed by atoms with E-state index in [0.717, 1.165) is 0 Å². The Morgan fingerprint density at radius 3 is 2.59 bits per heavy atom. The molecule has 0 radical (unpaired) electrons. The number of hydrogen-bond donors (Lipinski definition) is 0. The van der Waals surface area contributed by atoms with Gasteiger partial charge in [-0.05, 0) is 30.7 Å². The zero-order chi connectivity index (χ0) is 22.4. The number of non-ortho nitro benzene ring substituents is 1. The Balaban J connectivity index is 1.73. The molecule has 1 aliphatic carbocycles. The molecule has 32 heavy (non-hydrogen) atoms. The number of methoxy groups -OCH3 is 1. The first-order valence-corrected chi connectivity index (χ1v) is 10.0. The molecular formula is C23H18N4O5. The fourth-order valence-corrected chi connectivity index (χ4v) is 4.22. The number of carbonyl (C=O) groups excluding carboxylic acids is 1. The zero-order valence-electron chi connectivity index (χ0n) is 17.1. The molecule has 0 amide bonds. The van der Waals surface area contributed by atoms with Crippen molar-refractivity contribution < 1.29 is 14.5 Å². The molecule has 1 aromatic carbocycles. The highest BCUT2D eigenvalue weighted by atomic mass is 16.6. The minimum atomic E-state index is -0.550. The number of carbonyl (C=O) groups is 1. The van der Waals surface area contributed by atoms with E-state index >= 15 is 0 Å². The van der Waals surface area contributed by atoms with Gasteiger partial charge in [-0.1, -0.05) is 0 Å². The van der Waals surface area contributed by atoms with E-state index in [1.807, 2.05) is 29.1 Å². The number of ether oxygens (including phenoxy) is 1. The Morgan fingerprint density at radius 1 is 1.09 bits per heavy atom. The molecular weight excluding hydrogens is 412 g/mol. The summed E-state index contributed by atoms with van der Waals surface area (Å²) in [7, 11) is 1.49. The van der Waals surface area contributed by atoms with Gasteiger partial charge in [0.25, 0.3) is 11.2 Å². The minimum Gasteiger partial charge on any atom is -0.495 e. The predicted octanol–water partition coefficient (Wildman–Crippen LogP) is 3.42. The Morgan fingerprint density at radius 2 is 1.88 bits per heavy atom. The highest BCUT2D eigenvalue weighted by molar-refractivity contribution is 6.26. The average Bonchev–Trinajstić information content (AvgIpc) is 3.42. The summed E-state index contributed by atoms with van der Waals surface area (Å²) in [6, 6.07) is 9.47. The summed E-state index contributed by atoms with van der Waals surface area (Å²) in [5, 5.41) is 11.8. The number of aromatic nitrogens is 3. The lowest BCUT2D eigenvalue weighted by Crippen LogP contribution is -2.24. The lowest BCUT2D eigenvalue weighted by atomic mass is 10.0. The Kier molecular flexibility index (Phi) is 4.58. The van der Waals surface area contributed by atoms with Crippen LogP contribution in [0.2, 0.25) is 0 Å². The molecule has 5 rings (SSSR count). The van der Waals surface area contributed by atoms with Gasteiger partial charge in [-0.15, -0.1) is 0 Å². The van der Waals surface area contributed by atoms with Crippen LogP contribution < -0.4 is 10.3 Å². The second-order valence-electron chi connectivity index (χ2n) is 7.54. The number of fused-ring (bicyclic) bond motifs is 5. The summed E-state index contributed by atoms with van der Waals surface area (Å²) >= 11 is 0. The predicted molar refractivity (Wildman–Crippen MR) is 117 cm³/mol. The van der Waals surface area contributed by atoms with E-state index in [1.54, 1.807) is 6.07 Å². The van der Waals surface area contributed by atoms with Crippen molar-refractivity contribution in [2.75, 3.05) is 7.11 Å². The Hall–Kier alpha value is -4.27. The van der Waals surface area contributed by atoms with Crippen LogP contribution >= 0.6 is 0 Å². The molecule has 0 fully saturated rings. The maximum atomic E-state index is 13.5. The van der Waals surface area contributed by atoms with Crippen LogP contribution in [0.15, 0.2) is 59.8 Å². The van der Waals surface area contributed by atoms with Crippen LogP contribution in [0.3, 0.4) is 0 Å². The second kappa shape index (κ2) is 7.45. The molecule has 0 aliphatic heterocycles. The smallest absolute Gasteiger partial charge is 0.270 e. The summed E-state index contributed by atoms with van der Waals surface area (Å²) in [6.07, 6.45) is 6.00. The molecule has 1 aliphatic rings. The van der Waals surface area contributed by atoms with Crippen molar-refractivity contribution in [1.82, 2.24) is 14.1 Å². The van der Waals surface area contributed by atoms with Gasteiger partial charge < -0.3 is 13.9 Å². The third-order valence-electron chi connectivity index (χ3n) is 5.72. The Labute approximate surface area is 181 Å². The third-order valence-corrected chi connectivity index (χ3v) is 5.72. The van der Waals surface area contributed by atoms with Gasteiger partial charge in [-0.2, -0.15) is 0 Å². The number of pyridine rings is 2. The lowest BCUT2D eigenvalue weighted by molar-refractivity contribution is -0.384. The molecule has 0 bridgehead atoms. The first-order chi connectivity index (χ1) is 15.5. The molecule has 3 heterocycles. The summed E-state index contributed by atoms with van der Waals surface area (Å²) in [5.41, 5.74) is 0.982. The fraction of sp³-hybridized carbons (Fsp3) is 0.174. The third kappa shape index (κ3) is 2.97. The van der Waals surface area contributed by atoms with Crippen LogP contribution in [-0.2, 0) is 13.1 Å². The van der Waals surface area contributed by atoms with Crippen LogP contribution in [0.25, 0.3) is 22.2 Å². The van der Waals surface area contributed by atoms with Crippen molar-refractivity contribution in [1.29, 1.82) is 0 Å². The molecule has 3 aromatic heterocycles. The first kappa shape index (κ1) is 19.7. The maximum absolute atomic E-state index is 13.5. The molecule has 160 valence electrons. The van der Waals surface area contributed by atoms with Gasteiger partial charge in [0.2, 0.25) is 0 Å². The van der Waals surface area contributed by atoms with Crippen molar-refractivity contribution in [3.63, 3.8) is 0 Å². The quantitative estimate of drug-likeness (QED) is 0.302. The van der Waals surface area contributed by atoms with Crippen LogP contribution in [0.5, 0.6) is 5.75 Å². The molecule has 4 aromatic rings. The lowest BCUT2D eigenvalue weighted by Gasteiger charge is -2.15. The van der Waals surface area contributed by atoms with Crippen molar-refractivity contribution in [2.45, 2.75) is 19.5 Å². The van der Waals surface area contributed by atoms with E-state index in [4.69, 9.17) is 4.74 Å². The summed E-state index contributed by atoms with van der Waals surface area (Å²) < 4.78 is 8.74. The first-order valence-electron chi connectivity index (χ1n) is 10.0. The van der Waals surface area contributed by atoms with Crippen LogP contribution in [0.1, 0.15) is 22.3 Å². The van der Waals surface area contributed by atoms with Gasteiger partial charge in [0.15, 0.2) is 5.78 Å². The van der Waals surface area contributed by atoms with Gasteiger partial charge in [0, 0.05) is 43.0 Å². The van der Waals surface area contributed by atoms with E-state index in [0.29, 0.717) is 53.2 Å². The second-order valence-corrected chi connectivity index (χ2v) is 7.54. The van der Waals surface area contributed by atoms with Crippen molar-refractivity contribution in [2.24, 2.45) is 0 Å². The van der Waals surface area contributed by atoms with Crippen LogP contribution in [-0.4, -0.2) is 31.9 Å². The van der Waals surface area contributed by atoms with Crippen molar-refractivity contribution >= 4 is 22.2 Å². The maximum Gasteiger partial charge on any atom is 0.270 e. The van der Waals surface area contributed by atoms with E-state index in [2.05, 4.69) is 4.98 Å². The molecule has 9 heteroatoms. The van der Waals surface area contributed by atoms with E-state index in [9.17, 15) is 19.7 Å². The van der Waals surface area contributed by atoms with E-state index in [1.165, 1.54) is 36.1 Å². The number of ketones is 1. The number of nitro benzene ring substituents is 1. The summed E-state index contributed by atoms with van der Waals surface area (Å²) in [6.45, 7) is 1.01. The highest BCUT2D eigenvalue weighted by Gasteiger charge is 2.34. The van der Waals surface area contributed by atoms with Gasteiger partial charge in [0.1, 0.15) is 5.75 Å². The van der Waals surface area contributed by atoms with Gasteiger partial charge in [-0.25, -0.2) is 0 Å². The zero-order valence-corrected chi connectivity index (χ0v) is 17.1. The number of rotatable bonds is 6. The number of aryl methyl sites for hydroxylation is 1. The SMILES string of the molecule is COc1cnc2c(c1)C(=O)c1c-2n(CCCn2cccc2)c(=O)c2cc([N+](=O)[O-])ccc12. The minimum absolute atomic E-state index is 0.145. The van der Waals surface area contributed by atoms with E-state index < -0.39 is 4.92 Å². The topological polar surface area (TPSA) is 109 Å².